The molecule has 3 nitrogen and oxygen atoms in total. The summed E-state index contributed by atoms with van der Waals surface area (Å²) in [6.07, 6.45) is 2.05. The van der Waals surface area contributed by atoms with Crippen LogP contribution in [0.3, 0.4) is 0 Å². The predicted molar refractivity (Wildman–Crippen MR) is 56.0 cm³/mol. The maximum atomic E-state index is 10.6. The van der Waals surface area contributed by atoms with Crippen LogP contribution in [0, 0.1) is 11.8 Å². The summed E-state index contributed by atoms with van der Waals surface area (Å²) in [6.45, 7) is 7.39. The summed E-state index contributed by atoms with van der Waals surface area (Å²) >= 11 is 0. The SMILES string of the molecule is CC[C@H](C)/C=C(\C)[C@@H](O)[C@@H](C)C(=O)O. The van der Waals surface area contributed by atoms with Crippen LogP contribution < -0.4 is 0 Å². The number of carbonyl (C=O) groups is 1. The molecule has 3 heteroatoms. The Balaban J connectivity index is 4.45. The first kappa shape index (κ1) is 13.2. The molecule has 0 rings (SSSR count). The molecular weight excluding hydrogens is 180 g/mol. The standard InChI is InChI=1S/C11H20O3/c1-5-7(2)6-8(3)10(12)9(4)11(13)14/h6-7,9-10,12H,5H2,1-4H3,(H,13,14)/b8-6+/t7-,9+,10+/m0/s1. The number of rotatable bonds is 5. The maximum Gasteiger partial charge on any atom is 0.309 e. The lowest BCUT2D eigenvalue weighted by molar-refractivity contribution is -0.143. The third kappa shape index (κ3) is 3.92. The lowest BCUT2D eigenvalue weighted by atomic mass is 9.95. The molecule has 82 valence electrons. The number of aliphatic carboxylic acids is 1. The van der Waals surface area contributed by atoms with E-state index in [9.17, 15) is 9.90 Å². The summed E-state index contributed by atoms with van der Waals surface area (Å²) in [4.78, 5) is 10.6. The maximum absolute atomic E-state index is 10.6. The van der Waals surface area contributed by atoms with Gasteiger partial charge in [0.2, 0.25) is 0 Å². The van der Waals surface area contributed by atoms with E-state index in [-0.39, 0.29) is 0 Å². The molecule has 0 spiro atoms. The Bertz CT molecular complexity index is 221. The lowest BCUT2D eigenvalue weighted by Crippen LogP contribution is -2.26. The number of allylic oxidation sites excluding steroid dienone is 1. The molecular formula is C11H20O3. The summed E-state index contributed by atoms with van der Waals surface area (Å²) < 4.78 is 0. The van der Waals surface area contributed by atoms with Gasteiger partial charge in [0.1, 0.15) is 0 Å². The molecule has 0 amide bonds. The van der Waals surface area contributed by atoms with Gasteiger partial charge in [0.25, 0.3) is 0 Å². The van der Waals surface area contributed by atoms with Crippen molar-refractivity contribution in [2.24, 2.45) is 11.8 Å². The summed E-state index contributed by atoms with van der Waals surface area (Å²) in [7, 11) is 0. The van der Waals surface area contributed by atoms with Crippen LogP contribution in [-0.2, 0) is 4.79 Å². The van der Waals surface area contributed by atoms with E-state index in [2.05, 4.69) is 6.92 Å². The zero-order chi connectivity index (χ0) is 11.3. The van der Waals surface area contributed by atoms with E-state index in [0.717, 1.165) is 12.0 Å². The summed E-state index contributed by atoms with van der Waals surface area (Å²) in [6, 6.07) is 0. The normalized spacial score (nSPS) is 18.8. The van der Waals surface area contributed by atoms with Gasteiger partial charge in [-0.3, -0.25) is 4.79 Å². The second-order valence-electron chi connectivity index (χ2n) is 3.87. The topological polar surface area (TPSA) is 57.5 Å². The molecule has 0 aromatic carbocycles. The first-order chi connectivity index (χ1) is 6.40. The highest BCUT2D eigenvalue weighted by Crippen LogP contribution is 2.15. The van der Waals surface area contributed by atoms with Crippen molar-refractivity contribution in [2.45, 2.75) is 40.2 Å². The van der Waals surface area contributed by atoms with E-state index in [4.69, 9.17) is 5.11 Å². The highest BCUT2D eigenvalue weighted by atomic mass is 16.4. The van der Waals surface area contributed by atoms with Gasteiger partial charge in [0.05, 0.1) is 12.0 Å². The van der Waals surface area contributed by atoms with Crippen LogP contribution in [0.4, 0.5) is 0 Å². The second kappa shape index (κ2) is 5.81. The molecule has 0 saturated carbocycles. The molecule has 0 heterocycles. The van der Waals surface area contributed by atoms with Crippen LogP contribution in [-0.4, -0.2) is 22.3 Å². The Morgan fingerprint density at radius 1 is 1.43 bits per heavy atom. The number of carboxylic acid groups (broad SMARTS) is 1. The average Bonchev–Trinajstić information content (AvgIpc) is 2.14. The number of hydrogen-bond acceptors (Lipinski definition) is 2. The fraction of sp³-hybridized carbons (Fsp3) is 0.727. The van der Waals surface area contributed by atoms with E-state index in [1.807, 2.05) is 13.0 Å². The van der Waals surface area contributed by atoms with E-state index >= 15 is 0 Å². The molecule has 0 radical (unpaired) electrons. The highest BCUT2D eigenvalue weighted by Gasteiger charge is 2.22. The Morgan fingerprint density at radius 3 is 2.29 bits per heavy atom. The van der Waals surface area contributed by atoms with Gasteiger partial charge in [0, 0.05) is 0 Å². The van der Waals surface area contributed by atoms with Gasteiger partial charge in [-0.15, -0.1) is 0 Å². The molecule has 0 aromatic rings. The predicted octanol–water partition coefficient (Wildman–Crippen LogP) is 2.06. The van der Waals surface area contributed by atoms with Gasteiger partial charge in [-0.05, 0) is 25.3 Å². The van der Waals surface area contributed by atoms with E-state index in [1.165, 1.54) is 6.92 Å². The average molecular weight is 200 g/mol. The van der Waals surface area contributed by atoms with Crippen LogP contribution in [0.1, 0.15) is 34.1 Å². The van der Waals surface area contributed by atoms with Crippen molar-refractivity contribution in [1.82, 2.24) is 0 Å². The molecule has 0 fully saturated rings. The minimum atomic E-state index is -0.964. The van der Waals surface area contributed by atoms with Gasteiger partial charge >= 0.3 is 5.97 Å². The summed E-state index contributed by atoms with van der Waals surface area (Å²) in [5.74, 6) is -1.32. The summed E-state index contributed by atoms with van der Waals surface area (Å²) in [5, 5.41) is 18.4. The zero-order valence-electron chi connectivity index (χ0n) is 9.32. The van der Waals surface area contributed by atoms with Crippen LogP contribution in [0.25, 0.3) is 0 Å². The fourth-order valence-corrected chi connectivity index (χ4v) is 1.19. The molecule has 0 saturated heterocycles. The van der Waals surface area contributed by atoms with Crippen LogP contribution >= 0.6 is 0 Å². The third-order valence-corrected chi connectivity index (χ3v) is 2.52. The minimum Gasteiger partial charge on any atom is -0.481 e. The van der Waals surface area contributed by atoms with E-state index in [0.29, 0.717) is 5.92 Å². The fourth-order valence-electron chi connectivity index (χ4n) is 1.19. The first-order valence-corrected chi connectivity index (χ1v) is 4.99. The zero-order valence-corrected chi connectivity index (χ0v) is 9.32. The summed E-state index contributed by atoms with van der Waals surface area (Å²) in [5.41, 5.74) is 0.745. The first-order valence-electron chi connectivity index (χ1n) is 4.99. The smallest absolute Gasteiger partial charge is 0.309 e. The van der Waals surface area contributed by atoms with Crippen LogP contribution in [0.15, 0.2) is 11.6 Å². The Morgan fingerprint density at radius 2 is 1.93 bits per heavy atom. The molecule has 0 aromatic heterocycles. The molecule has 0 aliphatic rings. The Hall–Kier alpha value is -0.830. The molecule has 0 unspecified atom stereocenters. The van der Waals surface area contributed by atoms with Crippen molar-refractivity contribution in [3.63, 3.8) is 0 Å². The van der Waals surface area contributed by atoms with Gasteiger partial charge in [0.15, 0.2) is 0 Å². The molecule has 14 heavy (non-hydrogen) atoms. The van der Waals surface area contributed by atoms with Crippen molar-refractivity contribution in [1.29, 1.82) is 0 Å². The van der Waals surface area contributed by atoms with Gasteiger partial charge in [-0.1, -0.05) is 26.3 Å². The van der Waals surface area contributed by atoms with Crippen molar-refractivity contribution in [2.75, 3.05) is 0 Å². The third-order valence-electron chi connectivity index (χ3n) is 2.52. The number of carboxylic acids is 1. The largest absolute Gasteiger partial charge is 0.481 e. The highest BCUT2D eigenvalue weighted by molar-refractivity contribution is 5.70. The Kier molecular flexibility index (Phi) is 5.46. The monoisotopic (exact) mass is 200 g/mol. The van der Waals surface area contributed by atoms with Gasteiger partial charge < -0.3 is 10.2 Å². The van der Waals surface area contributed by atoms with Crippen LogP contribution in [0.2, 0.25) is 0 Å². The van der Waals surface area contributed by atoms with Crippen molar-refractivity contribution in [3.05, 3.63) is 11.6 Å². The molecule has 2 N–H and O–H groups in total. The molecule has 3 atom stereocenters. The minimum absolute atomic E-state index is 0.380. The molecule has 0 bridgehead atoms. The second-order valence-corrected chi connectivity index (χ2v) is 3.87. The van der Waals surface area contributed by atoms with Crippen molar-refractivity contribution >= 4 is 5.97 Å². The molecule has 0 aliphatic heterocycles. The molecule has 0 aliphatic carbocycles. The van der Waals surface area contributed by atoms with E-state index < -0.39 is 18.0 Å². The lowest BCUT2D eigenvalue weighted by Gasteiger charge is -2.16. The quantitative estimate of drug-likeness (QED) is 0.668. The van der Waals surface area contributed by atoms with Crippen molar-refractivity contribution in [3.8, 4) is 0 Å². The van der Waals surface area contributed by atoms with Crippen LogP contribution in [0.5, 0.6) is 0 Å². The number of hydrogen-bond donors (Lipinski definition) is 2. The number of aliphatic hydroxyl groups excluding tert-OH is 1. The van der Waals surface area contributed by atoms with Crippen molar-refractivity contribution < 1.29 is 15.0 Å². The Labute approximate surface area is 85.4 Å². The van der Waals surface area contributed by atoms with E-state index in [1.54, 1.807) is 6.92 Å². The number of aliphatic hydroxyl groups is 1. The van der Waals surface area contributed by atoms with Gasteiger partial charge in [-0.2, -0.15) is 0 Å². The van der Waals surface area contributed by atoms with Gasteiger partial charge in [-0.25, -0.2) is 0 Å².